The highest BCUT2D eigenvalue weighted by Gasteiger charge is 2.13. The summed E-state index contributed by atoms with van der Waals surface area (Å²) in [5.74, 6) is 0.320. The maximum atomic E-state index is 12.0. The van der Waals surface area contributed by atoms with Gasteiger partial charge in [0.1, 0.15) is 0 Å². The van der Waals surface area contributed by atoms with E-state index in [0.29, 0.717) is 26.8 Å². The summed E-state index contributed by atoms with van der Waals surface area (Å²) >= 11 is 13.0. The van der Waals surface area contributed by atoms with Crippen molar-refractivity contribution in [2.45, 2.75) is 12.1 Å². The zero-order valence-electron chi connectivity index (χ0n) is 13.1. The van der Waals surface area contributed by atoms with Gasteiger partial charge in [-0.3, -0.25) is 4.79 Å². The third-order valence-electron chi connectivity index (χ3n) is 3.31. The molecule has 1 N–H and O–H groups in total. The van der Waals surface area contributed by atoms with Crippen LogP contribution >= 0.6 is 35.0 Å². The Bertz CT molecular complexity index is 914. The van der Waals surface area contributed by atoms with Crippen LogP contribution in [0.1, 0.15) is 5.56 Å². The maximum absolute atomic E-state index is 12.0. The lowest BCUT2D eigenvalue weighted by Crippen LogP contribution is -2.14. The number of aryl methyl sites for hydroxylation is 1. The van der Waals surface area contributed by atoms with Crippen LogP contribution in [0.3, 0.4) is 0 Å². The first kappa shape index (κ1) is 17.8. The van der Waals surface area contributed by atoms with Crippen molar-refractivity contribution < 1.29 is 9.21 Å². The van der Waals surface area contributed by atoms with Crippen molar-refractivity contribution in [1.29, 1.82) is 0 Å². The second-order valence-corrected chi connectivity index (χ2v) is 6.92. The Morgan fingerprint density at radius 2 is 2.00 bits per heavy atom. The standard InChI is InChI=1S/C17H13Cl2N3O2S/c1-10-4-2-3-5-12(10)16-21-22-17(24-16)25-9-15(23)20-14-7-6-11(18)8-13(14)19/h2-8H,9H2,1H3,(H,20,23). The van der Waals surface area contributed by atoms with Gasteiger partial charge in [-0.1, -0.05) is 53.2 Å². The fourth-order valence-corrected chi connectivity index (χ4v) is 3.11. The Hall–Kier alpha value is -2.02. The van der Waals surface area contributed by atoms with Crippen molar-refractivity contribution in [3.05, 3.63) is 58.1 Å². The minimum Gasteiger partial charge on any atom is -0.411 e. The molecule has 0 aliphatic heterocycles. The lowest BCUT2D eigenvalue weighted by atomic mass is 10.1. The molecule has 0 saturated heterocycles. The van der Waals surface area contributed by atoms with Crippen LogP contribution in [0, 0.1) is 6.92 Å². The number of anilines is 1. The summed E-state index contributed by atoms with van der Waals surface area (Å²) in [5.41, 5.74) is 2.42. The van der Waals surface area contributed by atoms with E-state index in [1.165, 1.54) is 0 Å². The highest BCUT2D eigenvalue weighted by molar-refractivity contribution is 7.99. The summed E-state index contributed by atoms with van der Waals surface area (Å²) in [7, 11) is 0. The average molecular weight is 394 g/mol. The first-order valence-corrected chi connectivity index (χ1v) is 9.04. The lowest BCUT2D eigenvalue weighted by Gasteiger charge is -2.06. The number of hydrogen-bond donors (Lipinski definition) is 1. The van der Waals surface area contributed by atoms with E-state index in [4.69, 9.17) is 27.6 Å². The summed E-state index contributed by atoms with van der Waals surface area (Å²) in [4.78, 5) is 12.0. The number of hydrogen-bond acceptors (Lipinski definition) is 5. The van der Waals surface area contributed by atoms with Gasteiger partial charge in [-0.15, -0.1) is 10.2 Å². The molecule has 1 amide bonds. The van der Waals surface area contributed by atoms with Gasteiger partial charge in [0.05, 0.1) is 16.5 Å². The van der Waals surface area contributed by atoms with Crippen LogP contribution in [0.4, 0.5) is 5.69 Å². The van der Waals surface area contributed by atoms with Gasteiger partial charge < -0.3 is 9.73 Å². The van der Waals surface area contributed by atoms with Crippen LogP contribution < -0.4 is 5.32 Å². The highest BCUT2D eigenvalue weighted by Crippen LogP contribution is 2.27. The molecule has 1 aromatic heterocycles. The van der Waals surface area contributed by atoms with E-state index >= 15 is 0 Å². The third-order valence-corrected chi connectivity index (χ3v) is 4.68. The number of thioether (sulfide) groups is 1. The van der Waals surface area contributed by atoms with Crippen LogP contribution in [-0.4, -0.2) is 21.9 Å². The highest BCUT2D eigenvalue weighted by atomic mass is 35.5. The van der Waals surface area contributed by atoms with Gasteiger partial charge in [-0.05, 0) is 36.8 Å². The maximum Gasteiger partial charge on any atom is 0.277 e. The van der Waals surface area contributed by atoms with Crippen molar-refractivity contribution in [2.75, 3.05) is 11.1 Å². The molecule has 3 aromatic rings. The van der Waals surface area contributed by atoms with E-state index in [9.17, 15) is 4.79 Å². The van der Waals surface area contributed by atoms with E-state index in [-0.39, 0.29) is 11.7 Å². The molecule has 0 unspecified atom stereocenters. The predicted octanol–water partition coefficient (Wildman–Crippen LogP) is 5.08. The zero-order chi connectivity index (χ0) is 17.8. The molecule has 5 nitrogen and oxygen atoms in total. The minimum absolute atomic E-state index is 0.119. The Kier molecular flexibility index (Phi) is 5.63. The van der Waals surface area contributed by atoms with Crippen molar-refractivity contribution in [1.82, 2.24) is 10.2 Å². The molecule has 0 aliphatic carbocycles. The molecule has 0 spiro atoms. The number of halogens is 2. The Morgan fingerprint density at radius 1 is 1.20 bits per heavy atom. The van der Waals surface area contributed by atoms with Gasteiger partial charge in [0.25, 0.3) is 5.22 Å². The third kappa shape index (κ3) is 4.54. The fraction of sp³-hybridized carbons (Fsp3) is 0.118. The summed E-state index contributed by atoms with van der Waals surface area (Å²) in [6, 6.07) is 12.6. The first-order valence-electron chi connectivity index (χ1n) is 7.30. The summed E-state index contributed by atoms with van der Waals surface area (Å²) in [6.45, 7) is 1.97. The van der Waals surface area contributed by atoms with Crippen molar-refractivity contribution in [3.63, 3.8) is 0 Å². The van der Waals surface area contributed by atoms with Gasteiger partial charge >= 0.3 is 0 Å². The van der Waals surface area contributed by atoms with E-state index in [2.05, 4.69) is 15.5 Å². The predicted molar refractivity (Wildman–Crippen MR) is 100 cm³/mol. The van der Waals surface area contributed by atoms with Crippen molar-refractivity contribution in [2.24, 2.45) is 0 Å². The number of nitrogens with one attached hydrogen (secondary N) is 1. The minimum atomic E-state index is -0.232. The van der Waals surface area contributed by atoms with Gasteiger partial charge in [-0.2, -0.15) is 0 Å². The van der Waals surface area contributed by atoms with E-state index in [1.807, 2.05) is 31.2 Å². The molecular formula is C17H13Cl2N3O2S. The Morgan fingerprint density at radius 3 is 2.76 bits per heavy atom. The lowest BCUT2D eigenvalue weighted by molar-refractivity contribution is -0.113. The molecule has 2 aromatic carbocycles. The molecule has 8 heteroatoms. The quantitative estimate of drug-likeness (QED) is 0.611. The van der Waals surface area contributed by atoms with Crippen molar-refractivity contribution in [3.8, 4) is 11.5 Å². The SMILES string of the molecule is Cc1ccccc1-c1nnc(SCC(=O)Nc2ccc(Cl)cc2Cl)o1. The summed E-state index contributed by atoms with van der Waals surface area (Å²) in [5, 5.41) is 11.9. The molecule has 1 heterocycles. The molecule has 128 valence electrons. The zero-order valence-corrected chi connectivity index (χ0v) is 15.5. The van der Waals surface area contributed by atoms with Gasteiger partial charge in [-0.25, -0.2) is 0 Å². The van der Waals surface area contributed by atoms with Crippen LogP contribution in [0.2, 0.25) is 10.0 Å². The second-order valence-electron chi connectivity index (χ2n) is 5.15. The topological polar surface area (TPSA) is 68.0 Å². The number of carbonyl (C=O) groups is 1. The molecule has 0 fully saturated rings. The number of benzene rings is 2. The normalized spacial score (nSPS) is 10.7. The Labute approximate surface area is 158 Å². The molecule has 0 bridgehead atoms. The smallest absolute Gasteiger partial charge is 0.277 e. The molecular weight excluding hydrogens is 381 g/mol. The van der Waals surface area contributed by atoms with Crippen LogP contribution in [0.5, 0.6) is 0 Å². The molecule has 3 rings (SSSR count). The molecule has 0 atom stereocenters. The molecule has 0 saturated carbocycles. The first-order chi connectivity index (χ1) is 12.0. The summed E-state index contributed by atoms with van der Waals surface area (Å²) < 4.78 is 5.61. The molecule has 25 heavy (non-hydrogen) atoms. The van der Waals surface area contributed by atoms with Gasteiger partial charge in [0.2, 0.25) is 11.8 Å². The van der Waals surface area contributed by atoms with Crippen LogP contribution in [-0.2, 0) is 4.79 Å². The number of carbonyl (C=O) groups excluding carboxylic acids is 1. The number of aromatic nitrogens is 2. The number of amides is 1. The molecule has 0 radical (unpaired) electrons. The van der Waals surface area contributed by atoms with Gasteiger partial charge in [0.15, 0.2) is 0 Å². The van der Waals surface area contributed by atoms with Crippen LogP contribution in [0.15, 0.2) is 52.1 Å². The number of nitrogens with zero attached hydrogens (tertiary/aromatic N) is 2. The summed E-state index contributed by atoms with van der Waals surface area (Å²) in [6.07, 6.45) is 0. The fourth-order valence-electron chi connectivity index (χ4n) is 2.09. The molecule has 0 aliphatic rings. The van der Waals surface area contributed by atoms with Crippen LogP contribution in [0.25, 0.3) is 11.5 Å². The average Bonchev–Trinajstić information content (AvgIpc) is 3.05. The van der Waals surface area contributed by atoms with Gasteiger partial charge in [0, 0.05) is 10.6 Å². The van der Waals surface area contributed by atoms with E-state index in [1.54, 1.807) is 18.2 Å². The van der Waals surface area contributed by atoms with E-state index in [0.717, 1.165) is 22.9 Å². The largest absolute Gasteiger partial charge is 0.411 e. The van der Waals surface area contributed by atoms with Crippen molar-refractivity contribution >= 4 is 46.6 Å². The van der Waals surface area contributed by atoms with E-state index < -0.39 is 0 Å². The monoisotopic (exact) mass is 393 g/mol. The Balaban J connectivity index is 1.60. The second kappa shape index (κ2) is 7.91. The number of rotatable bonds is 5.